The molecule has 22 heavy (non-hydrogen) atoms. The molecule has 1 heterocycles. The van der Waals surface area contributed by atoms with Gasteiger partial charge < -0.3 is 14.6 Å². The van der Waals surface area contributed by atoms with Gasteiger partial charge in [0.1, 0.15) is 0 Å². The van der Waals surface area contributed by atoms with Crippen LogP contribution in [0.3, 0.4) is 0 Å². The van der Waals surface area contributed by atoms with Crippen LogP contribution in [0.15, 0.2) is 35.7 Å². The van der Waals surface area contributed by atoms with Gasteiger partial charge in [0.15, 0.2) is 11.5 Å². The number of hydrogen-bond donors (Lipinski definition) is 1. The molecule has 0 saturated carbocycles. The average Bonchev–Trinajstić information content (AvgIpc) is 3.04. The van der Waals surface area contributed by atoms with Gasteiger partial charge >= 0.3 is 5.97 Å². The van der Waals surface area contributed by atoms with Crippen molar-refractivity contribution in [1.29, 1.82) is 0 Å². The summed E-state index contributed by atoms with van der Waals surface area (Å²) < 4.78 is 11.0. The quantitative estimate of drug-likeness (QED) is 0.800. The van der Waals surface area contributed by atoms with Crippen molar-refractivity contribution in [3.63, 3.8) is 0 Å². The molecule has 1 atom stereocenters. The van der Waals surface area contributed by atoms with Crippen LogP contribution in [-0.2, 0) is 11.2 Å². The van der Waals surface area contributed by atoms with E-state index < -0.39 is 11.9 Å². The third-order valence-electron chi connectivity index (χ3n) is 3.31. The van der Waals surface area contributed by atoms with Gasteiger partial charge in [-0.2, -0.15) is 0 Å². The SMILES string of the molecule is CCCOc1ccc(CC(C(=O)O)c2cccs2)cc1OC. The van der Waals surface area contributed by atoms with E-state index in [2.05, 4.69) is 0 Å². The topological polar surface area (TPSA) is 55.8 Å². The molecule has 0 aliphatic carbocycles. The lowest BCUT2D eigenvalue weighted by Crippen LogP contribution is -2.13. The molecule has 5 heteroatoms. The molecule has 0 aliphatic heterocycles. The molecule has 2 rings (SSSR count). The molecule has 4 nitrogen and oxygen atoms in total. The van der Waals surface area contributed by atoms with Gasteiger partial charge in [-0.3, -0.25) is 4.79 Å². The van der Waals surface area contributed by atoms with E-state index in [0.29, 0.717) is 24.5 Å². The summed E-state index contributed by atoms with van der Waals surface area (Å²) in [5, 5.41) is 11.4. The van der Waals surface area contributed by atoms with Crippen molar-refractivity contribution in [2.24, 2.45) is 0 Å². The molecule has 0 aliphatic rings. The summed E-state index contributed by atoms with van der Waals surface area (Å²) in [5.74, 6) is -0.0165. The molecule has 0 fully saturated rings. The highest BCUT2D eigenvalue weighted by Gasteiger charge is 2.22. The van der Waals surface area contributed by atoms with E-state index in [1.807, 2.05) is 42.6 Å². The van der Waals surface area contributed by atoms with Crippen LogP contribution in [0.1, 0.15) is 29.7 Å². The Kier molecular flexibility index (Phi) is 5.83. The number of carboxylic acids is 1. The molecule has 1 N–H and O–H groups in total. The first kappa shape index (κ1) is 16.4. The largest absolute Gasteiger partial charge is 0.493 e. The number of thiophene rings is 1. The van der Waals surface area contributed by atoms with Gasteiger partial charge in [0, 0.05) is 4.88 Å². The Labute approximate surface area is 134 Å². The second-order valence-corrected chi connectivity index (χ2v) is 5.92. The molecule has 0 saturated heterocycles. The lowest BCUT2D eigenvalue weighted by molar-refractivity contribution is -0.138. The van der Waals surface area contributed by atoms with Crippen LogP contribution in [0.5, 0.6) is 11.5 Å². The molecular formula is C17H20O4S. The number of rotatable bonds is 8. The second-order valence-electron chi connectivity index (χ2n) is 4.94. The number of hydrogen-bond acceptors (Lipinski definition) is 4. The van der Waals surface area contributed by atoms with Crippen molar-refractivity contribution >= 4 is 17.3 Å². The summed E-state index contributed by atoms with van der Waals surface area (Å²) in [7, 11) is 1.59. The fourth-order valence-corrected chi connectivity index (χ4v) is 3.02. The highest BCUT2D eigenvalue weighted by molar-refractivity contribution is 7.10. The minimum Gasteiger partial charge on any atom is -0.493 e. The van der Waals surface area contributed by atoms with Gasteiger partial charge in [0.05, 0.1) is 19.6 Å². The maximum atomic E-state index is 11.5. The minimum atomic E-state index is -0.812. The molecule has 118 valence electrons. The van der Waals surface area contributed by atoms with Gasteiger partial charge in [0.2, 0.25) is 0 Å². The highest BCUT2D eigenvalue weighted by atomic mass is 32.1. The molecule has 1 aromatic heterocycles. The van der Waals surface area contributed by atoms with Crippen molar-refractivity contribution in [2.45, 2.75) is 25.7 Å². The van der Waals surface area contributed by atoms with Crippen LogP contribution < -0.4 is 9.47 Å². The fourth-order valence-electron chi connectivity index (χ4n) is 2.21. The van der Waals surface area contributed by atoms with Gasteiger partial charge in [-0.15, -0.1) is 11.3 Å². The molecule has 0 amide bonds. The third-order valence-corrected chi connectivity index (χ3v) is 4.30. The third kappa shape index (κ3) is 4.01. The lowest BCUT2D eigenvalue weighted by atomic mass is 9.97. The smallest absolute Gasteiger partial charge is 0.312 e. The molecule has 0 radical (unpaired) electrons. The minimum absolute atomic E-state index is 0.431. The van der Waals surface area contributed by atoms with Crippen LogP contribution >= 0.6 is 11.3 Å². The van der Waals surface area contributed by atoms with E-state index in [9.17, 15) is 9.90 Å². The van der Waals surface area contributed by atoms with E-state index >= 15 is 0 Å². The van der Waals surface area contributed by atoms with Crippen molar-refractivity contribution in [2.75, 3.05) is 13.7 Å². The van der Waals surface area contributed by atoms with Gasteiger partial charge in [0.25, 0.3) is 0 Å². The predicted molar refractivity (Wildman–Crippen MR) is 87.2 cm³/mol. The first-order valence-corrected chi connectivity index (χ1v) is 8.09. The van der Waals surface area contributed by atoms with Crippen LogP contribution in [0.25, 0.3) is 0 Å². The normalized spacial score (nSPS) is 11.9. The van der Waals surface area contributed by atoms with E-state index in [0.717, 1.165) is 16.9 Å². The highest BCUT2D eigenvalue weighted by Crippen LogP contribution is 2.31. The average molecular weight is 320 g/mol. The monoisotopic (exact) mass is 320 g/mol. The summed E-state index contributed by atoms with van der Waals surface area (Å²) in [6.07, 6.45) is 1.35. The Morgan fingerprint density at radius 2 is 2.14 bits per heavy atom. The van der Waals surface area contributed by atoms with Gasteiger partial charge in [-0.05, 0) is 42.0 Å². The number of aliphatic carboxylic acids is 1. The molecule has 0 bridgehead atoms. The predicted octanol–water partition coefficient (Wildman–Crippen LogP) is 3.96. The zero-order chi connectivity index (χ0) is 15.9. The molecular weight excluding hydrogens is 300 g/mol. The standard InChI is InChI=1S/C17H20O4S/c1-3-8-21-14-7-6-12(11-15(14)20-2)10-13(17(18)19)16-5-4-9-22-16/h4-7,9,11,13H,3,8,10H2,1-2H3,(H,18,19). The van der Waals surface area contributed by atoms with Crippen LogP contribution in [0.2, 0.25) is 0 Å². The zero-order valence-electron chi connectivity index (χ0n) is 12.7. The van der Waals surface area contributed by atoms with Crippen molar-refractivity contribution in [3.8, 4) is 11.5 Å². The van der Waals surface area contributed by atoms with E-state index in [4.69, 9.17) is 9.47 Å². The molecule has 0 spiro atoms. The number of carbonyl (C=O) groups is 1. The Morgan fingerprint density at radius 3 is 2.73 bits per heavy atom. The fraction of sp³-hybridized carbons (Fsp3) is 0.353. The Morgan fingerprint density at radius 1 is 1.32 bits per heavy atom. The van der Waals surface area contributed by atoms with E-state index in [1.165, 1.54) is 11.3 Å². The lowest BCUT2D eigenvalue weighted by Gasteiger charge is -2.14. The van der Waals surface area contributed by atoms with E-state index in [1.54, 1.807) is 7.11 Å². The number of benzene rings is 1. The molecule has 1 aromatic carbocycles. The van der Waals surface area contributed by atoms with Crippen molar-refractivity contribution in [3.05, 3.63) is 46.2 Å². The van der Waals surface area contributed by atoms with E-state index in [-0.39, 0.29) is 0 Å². The molecule has 1 unspecified atom stereocenters. The maximum Gasteiger partial charge on any atom is 0.312 e. The maximum absolute atomic E-state index is 11.5. The number of ether oxygens (including phenoxy) is 2. The van der Waals surface area contributed by atoms with Crippen LogP contribution in [0, 0.1) is 0 Å². The van der Waals surface area contributed by atoms with Gasteiger partial charge in [-0.25, -0.2) is 0 Å². The van der Waals surface area contributed by atoms with Crippen LogP contribution in [0.4, 0.5) is 0 Å². The summed E-state index contributed by atoms with van der Waals surface area (Å²) in [5.41, 5.74) is 0.918. The first-order valence-electron chi connectivity index (χ1n) is 7.21. The molecule has 2 aromatic rings. The number of methoxy groups -OCH3 is 1. The second kappa shape index (κ2) is 7.84. The first-order chi connectivity index (χ1) is 10.7. The summed E-state index contributed by atoms with van der Waals surface area (Å²) in [6, 6.07) is 9.33. The van der Waals surface area contributed by atoms with Crippen molar-refractivity contribution in [1.82, 2.24) is 0 Å². The Balaban J connectivity index is 2.19. The number of carboxylic acid groups (broad SMARTS) is 1. The summed E-state index contributed by atoms with van der Waals surface area (Å²) in [4.78, 5) is 12.4. The Hall–Kier alpha value is -2.01. The summed E-state index contributed by atoms with van der Waals surface area (Å²) in [6.45, 7) is 2.67. The Bertz CT molecular complexity index is 607. The zero-order valence-corrected chi connectivity index (χ0v) is 13.6. The summed E-state index contributed by atoms with van der Waals surface area (Å²) >= 11 is 1.47. The van der Waals surface area contributed by atoms with Gasteiger partial charge in [-0.1, -0.05) is 19.1 Å². The van der Waals surface area contributed by atoms with Crippen molar-refractivity contribution < 1.29 is 19.4 Å². The van der Waals surface area contributed by atoms with Crippen LogP contribution in [-0.4, -0.2) is 24.8 Å².